The number of aliphatic hydroxyl groups is 3. The van der Waals surface area contributed by atoms with E-state index in [0.29, 0.717) is 13.1 Å². The van der Waals surface area contributed by atoms with E-state index in [0.717, 1.165) is 12.8 Å². The minimum atomic E-state index is -1.34. The normalized spacial score (nSPS) is 35.9. The van der Waals surface area contributed by atoms with Crippen molar-refractivity contribution in [1.29, 1.82) is 0 Å². The maximum atomic E-state index is 12.0. The number of aliphatic hydroxyl groups excluding tert-OH is 3. The van der Waals surface area contributed by atoms with Gasteiger partial charge in [-0.1, -0.05) is 0 Å². The van der Waals surface area contributed by atoms with E-state index in [-0.39, 0.29) is 12.3 Å². The van der Waals surface area contributed by atoms with Crippen LogP contribution in [0.25, 0.3) is 0 Å². The largest absolute Gasteiger partial charge is 0.394 e. The molecule has 0 unspecified atom stereocenters. The average Bonchev–Trinajstić information content (AvgIpc) is 2.56. The molecule has 2 amide bonds. The Morgan fingerprint density at radius 1 is 1.25 bits per heavy atom. The van der Waals surface area contributed by atoms with Crippen molar-refractivity contribution in [2.24, 2.45) is 5.73 Å². The zero-order chi connectivity index (χ0) is 17.7. The van der Waals surface area contributed by atoms with Crippen LogP contribution in [0.3, 0.4) is 0 Å². The van der Waals surface area contributed by atoms with Crippen molar-refractivity contribution in [3.05, 3.63) is 0 Å². The first-order valence-corrected chi connectivity index (χ1v) is 8.03. The van der Waals surface area contributed by atoms with Crippen molar-refractivity contribution in [3.8, 4) is 0 Å². The zero-order valence-electron chi connectivity index (χ0n) is 13.3. The topological polar surface area (TPSA) is 163 Å². The third kappa shape index (κ3) is 4.41. The molecule has 0 aromatic rings. The molecule has 7 N–H and O–H groups in total. The Morgan fingerprint density at radius 3 is 2.67 bits per heavy atom. The van der Waals surface area contributed by atoms with E-state index in [2.05, 4.69) is 10.6 Å². The molecule has 0 aromatic carbocycles. The fraction of sp³-hybridized carbons (Fsp3) is 0.857. The van der Waals surface area contributed by atoms with Gasteiger partial charge in [-0.25, -0.2) is 0 Å². The van der Waals surface area contributed by atoms with E-state index < -0.39 is 49.3 Å². The van der Waals surface area contributed by atoms with Crippen LogP contribution in [0.15, 0.2) is 0 Å². The Bertz CT molecular complexity index is 450. The highest BCUT2D eigenvalue weighted by Gasteiger charge is 2.50. The fourth-order valence-corrected chi connectivity index (χ4v) is 2.71. The number of nitrogens with two attached hydrogens (primary N) is 1. The summed E-state index contributed by atoms with van der Waals surface area (Å²) in [4.78, 5) is 23.9. The van der Waals surface area contributed by atoms with Gasteiger partial charge in [0.2, 0.25) is 11.8 Å². The van der Waals surface area contributed by atoms with Gasteiger partial charge in [-0.05, 0) is 19.4 Å². The highest BCUT2D eigenvalue weighted by molar-refractivity contribution is 5.88. The molecular weight excluding hydrogens is 322 g/mol. The third-order valence-electron chi connectivity index (χ3n) is 4.10. The summed E-state index contributed by atoms with van der Waals surface area (Å²) in [5, 5.41) is 34.1. The molecular formula is C14H25N3O7. The molecule has 2 fully saturated rings. The van der Waals surface area contributed by atoms with Crippen molar-refractivity contribution >= 4 is 11.8 Å². The Labute approximate surface area is 139 Å². The molecule has 0 saturated carbocycles. The number of ether oxygens (including phenoxy) is 2. The Balaban J connectivity index is 1.88. The second kappa shape index (κ2) is 8.70. The lowest BCUT2D eigenvalue weighted by Crippen LogP contribution is -2.69. The number of carbonyl (C=O) groups excluding carboxylic acids is 2. The molecule has 0 radical (unpaired) electrons. The van der Waals surface area contributed by atoms with E-state index in [9.17, 15) is 19.8 Å². The lowest BCUT2D eigenvalue weighted by atomic mass is 9.95. The van der Waals surface area contributed by atoms with Crippen LogP contribution in [0.4, 0.5) is 0 Å². The van der Waals surface area contributed by atoms with Crippen LogP contribution in [-0.2, 0) is 19.1 Å². The maximum Gasteiger partial charge on any atom is 0.250 e. The summed E-state index contributed by atoms with van der Waals surface area (Å²) in [6.07, 6.45) is -4.48. The summed E-state index contributed by atoms with van der Waals surface area (Å²) in [5.74, 6) is -0.911. The zero-order valence-corrected chi connectivity index (χ0v) is 13.3. The van der Waals surface area contributed by atoms with Crippen molar-refractivity contribution in [2.75, 3.05) is 19.7 Å². The predicted octanol–water partition coefficient (Wildman–Crippen LogP) is -3.45. The van der Waals surface area contributed by atoms with Crippen LogP contribution < -0.4 is 16.4 Å². The number of amides is 2. The van der Waals surface area contributed by atoms with Gasteiger partial charge in [-0.15, -0.1) is 0 Å². The lowest BCUT2D eigenvalue weighted by molar-refractivity contribution is -0.290. The molecule has 0 aromatic heterocycles. The van der Waals surface area contributed by atoms with Gasteiger partial charge in [0.15, 0.2) is 6.29 Å². The van der Waals surface area contributed by atoms with Crippen LogP contribution in [-0.4, -0.2) is 83.6 Å². The van der Waals surface area contributed by atoms with Gasteiger partial charge in [-0.3, -0.25) is 9.59 Å². The van der Waals surface area contributed by atoms with E-state index in [1.807, 2.05) is 0 Å². The SMILES string of the molecule is NCCCCNC(=O)C[C@@H]1O[C@H]2O[C@H](CO)[C@H](O)[C@H](O)[C@H]2NC1=O. The molecule has 138 valence electrons. The molecule has 0 spiro atoms. The average molecular weight is 347 g/mol. The second-order valence-electron chi connectivity index (χ2n) is 5.92. The number of nitrogens with one attached hydrogen (secondary N) is 2. The maximum absolute atomic E-state index is 12.0. The highest BCUT2D eigenvalue weighted by atomic mass is 16.7. The quantitative estimate of drug-likeness (QED) is 0.259. The first-order valence-electron chi connectivity index (χ1n) is 8.03. The van der Waals surface area contributed by atoms with Crippen molar-refractivity contribution < 1.29 is 34.4 Å². The summed E-state index contributed by atoms with van der Waals surface area (Å²) in [6, 6.07) is -0.959. The van der Waals surface area contributed by atoms with Crippen LogP contribution in [0.5, 0.6) is 0 Å². The van der Waals surface area contributed by atoms with Crippen LogP contribution >= 0.6 is 0 Å². The van der Waals surface area contributed by atoms with E-state index in [4.69, 9.17) is 20.3 Å². The predicted molar refractivity (Wildman–Crippen MR) is 80.5 cm³/mol. The Kier molecular flexibility index (Phi) is 6.90. The minimum absolute atomic E-state index is 0.191. The molecule has 24 heavy (non-hydrogen) atoms. The van der Waals surface area contributed by atoms with Gasteiger partial charge in [-0.2, -0.15) is 0 Å². The molecule has 10 heteroatoms. The molecule has 2 saturated heterocycles. The van der Waals surface area contributed by atoms with Crippen molar-refractivity contribution in [1.82, 2.24) is 10.6 Å². The Morgan fingerprint density at radius 2 is 2.00 bits per heavy atom. The number of carbonyl (C=O) groups is 2. The number of hydrogen-bond donors (Lipinski definition) is 6. The number of hydrogen-bond acceptors (Lipinski definition) is 8. The third-order valence-corrected chi connectivity index (χ3v) is 4.10. The molecule has 2 rings (SSSR count). The summed E-state index contributed by atoms with van der Waals surface area (Å²) in [6.45, 7) is 0.500. The second-order valence-corrected chi connectivity index (χ2v) is 5.92. The number of rotatable bonds is 7. The van der Waals surface area contributed by atoms with Crippen LogP contribution in [0.2, 0.25) is 0 Å². The first kappa shape index (κ1) is 19.0. The van der Waals surface area contributed by atoms with E-state index in [1.54, 1.807) is 0 Å². The smallest absolute Gasteiger partial charge is 0.250 e. The number of morpholine rings is 1. The standard InChI is InChI=1S/C14H25N3O7/c15-3-1-2-4-16-9(19)5-7-13(22)17-10-12(21)11(20)8(6-18)24-14(10)23-7/h7-8,10-12,14,18,20-21H,1-6,15H2,(H,16,19)(H,17,22)/t7-,8+,10+,11-,12+,14-/m0/s1. The molecule has 0 bridgehead atoms. The molecule has 2 aliphatic heterocycles. The molecule has 10 nitrogen and oxygen atoms in total. The van der Waals surface area contributed by atoms with Gasteiger partial charge in [0.1, 0.15) is 30.5 Å². The Hall–Kier alpha value is -1.30. The number of unbranched alkanes of at least 4 members (excludes halogenated alkanes) is 1. The fourth-order valence-electron chi connectivity index (χ4n) is 2.71. The van der Waals surface area contributed by atoms with Crippen molar-refractivity contribution in [3.63, 3.8) is 0 Å². The van der Waals surface area contributed by atoms with Gasteiger partial charge < -0.3 is 41.2 Å². The number of fused-ring (bicyclic) bond motifs is 1. The molecule has 2 heterocycles. The monoisotopic (exact) mass is 347 g/mol. The lowest BCUT2D eigenvalue weighted by Gasteiger charge is -2.46. The van der Waals surface area contributed by atoms with Gasteiger partial charge in [0.25, 0.3) is 0 Å². The van der Waals surface area contributed by atoms with Crippen LogP contribution in [0, 0.1) is 0 Å². The van der Waals surface area contributed by atoms with Gasteiger partial charge in [0, 0.05) is 6.54 Å². The molecule has 2 aliphatic rings. The summed E-state index contributed by atoms with van der Waals surface area (Å²) >= 11 is 0. The molecule has 6 atom stereocenters. The van der Waals surface area contributed by atoms with E-state index >= 15 is 0 Å². The summed E-state index contributed by atoms with van der Waals surface area (Å²) in [7, 11) is 0. The summed E-state index contributed by atoms with van der Waals surface area (Å²) in [5.41, 5.74) is 5.36. The van der Waals surface area contributed by atoms with Crippen LogP contribution in [0.1, 0.15) is 19.3 Å². The highest BCUT2D eigenvalue weighted by Crippen LogP contribution is 2.26. The molecule has 0 aliphatic carbocycles. The first-order chi connectivity index (χ1) is 11.5. The van der Waals surface area contributed by atoms with Gasteiger partial charge >= 0.3 is 0 Å². The van der Waals surface area contributed by atoms with E-state index in [1.165, 1.54) is 0 Å². The van der Waals surface area contributed by atoms with Gasteiger partial charge in [0.05, 0.1) is 13.0 Å². The minimum Gasteiger partial charge on any atom is -0.394 e. The van der Waals surface area contributed by atoms with Crippen molar-refractivity contribution in [2.45, 2.75) is 56.0 Å². The summed E-state index contributed by atoms with van der Waals surface area (Å²) < 4.78 is 10.8.